The Morgan fingerprint density at radius 3 is 2.37 bits per heavy atom. The fraction of sp³-hybridized carbons (Fsp3) is 0.560. The van der Waals surface area contributed by atoms with Gasteiger partial charge >= 0.3 is 0 Å². The van der Waals surface area contributed by atoms with Crippen molar-refractivity contribution >= 4 is 6.21 Å². The fourth-order valence-corrected chi connectivity index (χ4v) is 3.88. The Kier molecular flexibility index (Phi) is 8.04. The van der Waals surface area contributed by atoms with Crippen molar-refractivity contribution in [3.8, 4) is 0 Å². The van der Waals surface area contributed by atoms with E-state index in [1.165, 1.54) is 36.0 Å². The largest absolute Gasteiger partial charge is 0.294 e. The van der Waals surface area contributed by atoms with Crippen LogP contribution in [0.25, 0.3) is 0 Å². The van der Waals surface area contributed by atoms with Crippen molar-refractivity contribution < 1.29 is 4.58 Å². The van der Waals surface area contributed by atoms with Crippen LogP contribution in [0.2, 0.25) is 0 Å². The molecule has 2 heteroatoms. The molecule has 0 spiro atoms. The van der Waals surface area contributed by atoms with Crippen LogP contribution in [0, 0.1) is 5.41 Å². The molecular formula is C25H39N2+. The smallest absolute Gasteiger partial charge is 0.163 e. The minimum absolute atomic E-state index is 0.313. The molecule has 2 rings (SSSR count). The van der Waals surface area contributed by atoms with E-state index in [1.807, 2.05) is 0 Å². The lowest BCUT2D eigenvalue weighted by molar-refractivity contribution is -0.534. The zero-order valence-electron chi connectivity index (χ0n) is 18.4. The molecule has 0 atom stereocenters. The van der Waals surface area contributed by atoms with Crippen molar-refractivity contribution in [1.82, 2.24) is 4.90 Å². The maximum absolute atomic E-state index is 2.41. The number of hydrogen-bond donors (Lipinski definition) is 0. The predicted octanol–water partition coefficient (Wildman–Crippen LogP) is 5.55. The number of hydrogen-bond acceptors (Lipinski definition) is 1. The van der Waals surface area contributed by atoms with Crippen LogP contribution in [0.5, 0.6) is 0 Å². The number of rotatable bonds is 5. The van der Waals surface area contributed by atoms with E-state index >= 15 is 0 Å². The monoisotopic (exact) mass is 367 g/mol. The molecule has 0 aromatic carbocycles. The van der Waals surface area contributed by atoms with Crippen molar-refractivity contribution in [1.29, 1.82) is 0 Å². The molecule has 1 aliphatic carbocycles. The molecular weight excluding hydrogens is 328 g/mol. The fourth-order valence-electron chi connectivity index (χ4n) is 3.88. The molecule has 0 bridgehead atoms. The third kappa shape index (κ3) is 7.10. The summed E-state index contributed by atoms with van der Waals surface area (Å²) in [6.45, 7) is 15.9. The number of piperazine rings is 1. The lowest BCUT2D eigenvalue weighted by Crippen LogP contribution is -2.39. The number of nitrogens with zero attached hydrogens (tertiary/aromatic N) is 2. The summed E-state index contributed by atoms with van der Waals surface area (Å²) in [4.78, 5) is 2.38. The highest BCUT2D eigenvalue weighted by Crippen LogP contribution is 2.40. The number of likely N-dealkylation sites (N-methyl/N-ethyl adjacent to an activating group) is 1. The molecule has 148 valence electrons. The van der Waals surface area contributed by atoms with E-state index in [9.17, 15) is 0 Å². The first kappa shape index (κ1) is 21.6. The van der Waals surface area contributed by atoms with Crippen LogP contribution in [0.1, 0.15) is 53.9 Å². The first-order valence-corrected chi connectivity index (χ1v) is 10.5. The zero-order valence-corrected chi connectivity index (χ0v) is 18.4. The predicted molar refractivity (Wildman–Crippen MR) is 120 cm³/mol. The summed E-state index contributed by atoms with van der Waals surface area (Å²) in [7, 11) is 2.19. The highest BCUT2D eigenvalue weighted by atomic mass is 15.2. The molecule has 0 amide bonds. The lowest BCUT2D eigenvalue weighted by atomic mass is 9.72. The highest BCUT2D eigenvalue weighted by molar-refractivity contribution is 5.68. The molecule has 1 fully saturated rings. The topological polar surface area (TPSA) is 6.25 Å². The summed E-state index contributed by atoms with van der Waals surface area (Å²) in [6, 6.07) is 0. The maximum Gasteiger partial charge on any atom is 0.163 e. The molecule has 27 heavy (non-hydrogen) atoms. The molecule has 0 radical (unpaired) electrons. The third-order valence-electron chi connectivity index (χ3n) is 5.86. The van der Waals surface area contributed by atoms with Crippen LogP contribution in [0.3, 0.4) is 0 Å². The first-order chi connectivity index (χ1) is 12.8. The van der Waals surface area contributed by atoms with Crippen molar-refractivity contribution in [3.63, 3.8) is 0 Å². The second kappa shape index (κ2) is 10.0. The van der Waals surface area contributed by atoms with Crippen molar-refractivity contribution in [3.05, 3.63) is 58.7 Å². The van der Waals surface area contributed by atoms with E-state index < -0.39 is 0 Å². The molecule has 0 aromatic heterocycles. The van der Waals surface area contributed by atoms with Crippen LogP contribution in [-0.2, 0) is 0 Å². The van der Waals surface area contributed by atoms with E-state index in [0.29, 0.717) is 5.41 Å². The summed E-state index contributed by atoms with van der Waals surface area (Å²) in [6.07, 6.45) is 19.5. The van der Waals surface area contributed by atoms with Gasteiger partial charge in [-0.3, -0.25) is 4.90 Å². The highest BCUT2D eigenvalue weighted by Gasteiger charge is 2.26. The summed E-state index contributed by atoms with van der Waals surface area (Å²) < 4.78 is 2.41. The quantitative estimate of drug-likeness (QED) is 0.456. The van der Waals surface area contributed by atoms with Gasteiger partial charge in [-0.1, -0.05) is 55.4 Å². The minimum atomic E-state index is 0.313. The average molecular weight is 368 g/mol. The Bertz CT molecular complexity index is 686. The summed E-state index contributed by atoms with van der Waals surface area (Å²) >= 11 is 0. The van der Waals surface area contributed by atoms with E-state index in [2.05, 4.69) is 93.8 Å². The Morgan fingerprint density at radius 2 is 1.70 bits per heavy atom. The van der Waals surface area contributed by atoms with Crippen LogP contribution in [0.15, 0.2) is 58.7 Å². The zero-order chi connectivity index (χ0) is 19.9. The van der Waals surface area contributed by atoms with Gasteiger partial charge in [-0.05, 0) is 63.6 Å². The van der Waals surface area contributed by atoms with Gasteiger partial charge in [-0.2, -0.15) is 0 Å². The van der Waals surface area contributed by atoms with Crippen molar-refractivity contribution in [2.45, 2.75) is 53.9 Å². The summed E-state index contributed by atoms with van der Waals surface area (Å²) in [5.41, 5.74) is 5.98. The third-order valence-corrected chi connectivity index (χ3v) is 5.86. The Hall–Kier alpha value is -1.67. The number of allylic oxidation sites excluding steroid dienone is 10. The van der Waals surface area contributed by atoms with E-state index in [0.717, 1.165) is 26.2 Å². The minimum Gasteiger partial charge on any atom is -0.294 e. The lowest BCUT2D eigenvalue weighted by Gasteiger charge is -2.32. The molecule has 1 saturated heterocycles. The first-order valence-electron chi connectivity index (χ1n) is 10.5. The van der Waals surface area contributed by atoms with E-state index in [-0.39, 0.29) is 0 Å². The van der Waals surface area contributed by atoms with Crippen molar-refractivity contribution in [2.24, 2.45) is 5.41 Å². The molecule has 0 aromatic rings. The normalized spacial score (nSPS) is 23.0. The van der Waals surface area contributed by atoms with Crippen molar-refractivity contribution in [2.75, 3.05) is 33.2 Å². The van der Waals surface area contributed by atoms with Gasteiger partial charge in [0.05, 0.1) is 13.1 Å². The summed E-state index contributed by atoms with van der Waals surface area (Å²) in [5.74, 6) is 0. The van der Waals surface area contributed by atoms with E-state index in [1.54, 1.807) is 5.57 Å². The van der Waals surface area contributed by atoms with Gasteiger partial charge in [0.25, 0.3) is 0 Å². The molecule has 0 saturated carbocycles. The van der Waals surface area contributed by atoms with Crippen LogP contribution in [-0.4, -0.2) is 48.9 Å². The maximum atomic E-state index is 2.41. The Labute approximate surface area is 167 Å². The molecule has 2 aliphatic rings. The Morgan fingerprint density at radius 1 is 1.04 bits per heavy atom. The van der Waals surface area contributed by atoms with Crippen LogP contribution < -0.4 is 0 Å². The van der Waals surface area contributed by atoms with Gasteiger partial charge < -0.3 is 0 Å². The van der Waals surface area contributed by atoms with Gasteiger partial charge in [0, 0.05) is 6.08 Å². The van der Waals surface area contributed by atoms with Gasteiger partial charge in [-0.15, -0.1) is 0 Å². The Balaban J connectivity index is 1.94. The molecule has 0 unspecified atom stereocenters. The molecule has 0 N–H and O–H groups in total. The van der Waals surface area contributed by atoms with E-state index in [4.69, 9.17) is 0 Å². The summed E-state index contributed by atoms with van der Waals surface area (Å²) in [5, 5.41) is 0. The molecule has 1 heterocycles. The van der Waals surface area contributed by atoms with Crippen LogP contribution >= 0.6 is 0 Å². The second-order valence-corrected chi connectivity index (χ2v) is 8.93. The van der Waals surface area contributed by atoms with Gasteiger partial charge in [-0.25, -0.2) is 4.58 Å². The van der Waals surface area contributed by atoms with Gasteiger partial charge in [0.15, 0.2) is 19.3 Å². The van der Waals surface area contributed by atoms with Gasteiger partial charge in [0.2, 0.25) is 0 Å². The SMILES string of the molecule is CC1=C(/C=C/C(C)=C/C=C/C(C)=C/C=[N+]2CCN(C)CC2)C(C)(C)CCC1. The standard InChI is InChI=1S/C25H39N2/c1-21(12-13-24-23(3)11-8-15-25(24,4)5)9-7-10-22(2)14-16-27-19-17-26(6)18-20-27/h7,9-10,12-14,16H,8,11,15,17-20H2,1-6H3/q+1/b10-7+,13-12+,21-9+,22-14+. The second-order valence-electron chi connectivity index (χ2n) is 8.93. The molecule has 2 nitrogen and oxygen atoms in total. The average Bonchev–Trinajstić information content (AvgIpc) is 2.60. The van der Waals surface area contributed by atoms with Crippen LogP contribution in [0.4, 0.5) is 0 Å². The molecule has 1 aliphatic heterocycles. The van der Waals surface area contributed by atoms with Gasteiger partial charge in [0.1, 0.15) is 0 Å².